The van der Waals surface area contributed by atoms with Crippen LogP contribution in [-0.4, -0.2) is 69.2 Å². The smallest absolute Gasteiger partial charge is 0.415 e. The molecule has 0 radical (unpaired) electrons. The fourth-order valence-electron chi connectivity index (χ4n) is 4.78. The largest absolute Gasteiger partial charge is 0.443 e. The summed E-state index contributed by atoms with van der Waals surface area (Å²) in [6.45, 7) is 5.27. The number of alkyl halides is 1. The van der Waals surface area contributed by atoms with Crippen molar-refractivity contribution in [3.05, 3.63) is 46.5 Å². The Morgan fingerprint density at radius 2 is 1.98 bits per heavy atom. The van der Waals surface area contributed by atoms with Crippen molar-refractivity contribution in [2.24, 2.45) is 0 Å². The van der Waals surface area contributed by atoms with Gasteiger partial charge in [-0.2, -0.15) is 9.61 Å². The van der Waals surface area contributed by atoms with Crippen LogP contribution < -0.4 is 21.1 Å². The second kappa shape index (κ2) is 10.5. The van der Waals surface area contributed by atoms with Crippen LogP contribution in [-0.2, 0) is 9.47 Å². The van der Waals surface area contributed by atoms with Crippen LogP contribution in [0.5, 0.6) is 0 Å². The number of aromatic nitrogens is 4. The minimum Gasteiger partial charge on any atom is -0.443 e. The summed E-state index contributed by atoms with van der Waals surface area (Å²) in [5.74, 6) is 0.0810. The minimum absolute atomic E-state index is 0.0616. The van der Waals surface area contributed by atoms with Gasteiger partial charge in [-0.1, -0.05) is 0 Å². The highest BCUT2D eigenvalue weighted by Crippen LogP contribution is 2.34. The molecule has 40 heavy (non-hydrogen) atoms. The predicted molar refractivity (Wildman–Crippen MR) is 146 cm³/mol. The van der Waals surface area contributed by atoms with E-state index in [-0.39, 0.29) is 71.0 Å². The van der Waals surface area contributed by atoms with E-state index in [4.69, 9.17) is 9.47 Å². The zero-order valence-electron chi connectivity index (χ0n) is 23.2. The van der Waals surface area contributed by atoms with Crippen LogP contribution >= 0.6 is 0 Å². The highest BCUT2D eigenvalue weighted by molar-refractivity contribution is 6.00. The molecule has 3 aromatic heterocycles. The van der Waals surface area contributed by atoms with Crippen molar-refractivity contribution in [2.45, 2.75) is 76.4 Å². The molecule has 214 valence electrons. The van der Waals surface area contributed by atoms with E-state index >= 15 is 0 Å². The van der Waals surface area contributed by atoms with Crippen molar-refractivity contribution < 1.29 is 23.5 Å². The third-order valence-corrected chi connectivity index (χ3v) is 7.23. The van der Waals surface area contributed by atoms with Crippen LogP contribution in [0.25, 0.3) is 5.65 Å². The molecule has 2 N–H and O–H groups in total. The number of amides is 2. The number of methoxy groups -OCH3 is 1. The van der Waals surface area contributed by atoms with Gasteiger partial charge in [0.25, 0.3) is 11.5 Å². The van der Waals surface area contributed by atoms with Crippen molar-refractivity contribution in [1.29, 1.82) is 0 Å². The van der Waals surface area contributed by atoms with Crippen molar-refractivity contribution in [3.8, 4) is 0 Å². The van der Waals surface area contributed by atoms with Crippen LogP contribution in [0.3, 0.4) is 0 Å². The molecule has 0 bridgehead atoms. The number of fused-ring (bicyclic) bond motifs is 1. The van der Waals surface area contributed by atoms with Crippen LogP contribution in [0.2, 0.25) is 0 Å². The van der Waals surface area contributed by atoms with Gasteiger partial charge in [-0.3, -0.25) is 14.5 Å². The highest BCUT2D eigenvalue weighted by atomic mass is 19.1. The molecule has 2 atom stereocenters. The van der Waals surface area contributed by atoms with Gasteiger partial charge in [0.15, 0.2) is 5.65 Å². The van der Waals surface area contributed by atoms with E-state index in [1.165, 1.54) is 33.3 Å². The first-order valence-corrected chi connectivity index (χ1v) is 13.3. The van der Waals surface area contributed by atoms with E-state index in [1.54, 1.807) is 46.2 Å². The predicted octanol–water partition coefficient (Wildman–Crippen LogP) is 3.59. The third kappa shape index (κ3) is 5.37. The number of nitrogens with zero attached hydrogens (tertiary/aromatic N) is 5. The van der Waals surface area contributed by atoms with Crippen LogP contribution in [0, 0.1) is 0 Å². The molecule has 0 unspecified atom stereocenters. The molecule has 0 saturated heterocycles. The SMILES string of the molecule is CO[C@@H]1CC[C@H]1NC(=O)c1cnn2c(N(C)C(=O)OC(C)(C)C)cc(Nc3cccn(C4CC(F)C4)c3=O)nc12. The first kappa shape index (κ1) is 27.6. The molecule has 12 nitrogen and oxygen atoms in total. The van der Waals surface area contributed by atoms with E-state index in [1.807, 2.05) is 0 Å². The molecule has 3 heterocycles. The van der Waals surface area contributed by atoms with Gasteiger partial charge in [-0.15, -0.1) is 0 Å². The van der Waals surface area contributed by atoms with Gasteiger partial charge < -0.3 is 24.7 Å². The summed E-state index contributed by atoms with van der Waals surface area (Å²) in [6, 6.07) is 4.50. The van der Waals surface area contributed by atoms with Crippen molar-refractivity contribution in [2.75, 3.05) is 24.4 Å². The quantitative estimate of drug-likeness (QED) is 0.452. The molecule has 3 aromatic rings. The highest BCUT2D eigenvalue weighted by Gasteiger charge is 2.34. The van der Waals surface area contributed by atoms with Gasteiger partial charge in [-0.05, 0) is 58.6 Å². The Bertz CT molecular complexity index is 1490. The Hall–Kier alpha value is -4.00. The Morgan fingerprint density at radius 3 is 2.60 bits per heavy atom. The lowest BCUT2D eigenvalue weighted by molar-refractivity contribution is 0.00732. The Balaban J connectivity index is 1.52. The van der Waals surface area contributed by atoms with Gasteiger partial charge in [0, 0.05) is 32.5 Å². The maximum absolute atomic E-state index is 13.5. The normalized spacial score (nSPS) is 22.2. The van der Waals surface area contributed by atoms with Crippen molar-refractivity contribution >= 4 is 35.0 Å². The van der Waals surface area contributed by atoms with E-state index in [2.05, 4.69) is 20.7 Å². The van der Waals surface area contributed by atoms with Crippen LogP contribution in [0.15, 0.2) is 35.4 Å². The second-order valence-electron chi connectivity index (χ2n) is 11.2. The lowest BCUT2D eigenvalue weighted by atomic mass is 9.89. The zero-order valence-corrected chi connectivity index (χ0v) is 23.2. The Kier molecular flexibility index (Phi) is 7.25. The lowest BCUT2D eigenvalue weighted by Gasteiger charge is -2.35. The molecule has 2 saturated carbocycles. The number of rotatable bonds is 7. The average Bonchev–Trinajstić information content (AvgIpc) is 3.28. The molecule has 2 aliphatic carbocycles. The minimum atomic E-state index is -0.908. The van der Waals surface area contributed by atoms with Gasteiger partial charge in [0.1, 0.15) is 34.7 Å². The van der Waals surface area contributed by atoms with Gasteiger partial charge in [0.05, 0.1) is 18.3 Å². The molecular formula is C27H34FN7O5. The lowest BCUT2D eigenvalue weighted by Crippen LogP contribution is -2.51. The fraction of sp³-hybridized carbons (Fsp3) is 0.519. The number of pyridine rings is 1. The van der Waals surface area contributed by atoms with E-state index in [0.717, 1.165) is 12.8 Å². The molecule has 13 heteroatoms. The van der Waals surface area contributed by atoms with Gasteiger partial charge in [0.2, 0.25) is 0 Å². The zero-order chi connectivity index (χ0) is 28.8. The molecule has 5 rings (SSSR count). The number of ether oxygens (including phenoxy) is 2. The summed E-state index contributed by atoms with van der Waals surface area (Å²) in [6.07, 6.45) is 3.63. The number of hydrogen-bond donors (Lipinski definition) is 2. The molecule has 0 aromatic carbocycles. The van der Waals surface area contributed by atoms with Crippen molar-refractivity contribution in [3.63, 3.8) is 0 Å². The number of carbonyl (C=O) groups excluding carboxylic acids is 2. The summed E-state index contributed by atoms with van der Waals surface area (Å²) in [4.78, 5) is 45.2. The average molecular weight is 556 g/mol. The second-order valence-corrected chi connectivity index (χ2v) is 11.2. The fourth-order valence-corrected chi connectivity index (χ4v) is 4.78. The Morgan fingerprint density at radius 1 is 1.23 bits per heavy atom. The Labute approximate surface area is 230 Å². The monoisotopic (exact) mass is 555 g/mol. The topological polar surface area (TPSA) is 132 Å². The first-order valence-electron chi connectivity index (χ1n) is 13.3. The number of anilines is 3. The van der Waals surface area contributed by atoms with Crippen molar-refractivity contribution in [1.82, 2.24) is 24.5 Å². The maximum atomic E-state index is 13.5. The number of halogens is 1. The molecule has 2 aliphatic rings. The molecule has 2 amide bonds. The van der Waals surface area contributed by atoms with E-state index in [0.29, 0.717) is 0 Å². The molecule has 0 spiro atoms. The summed E-state index contributed by atoms with van der Waals surface area (Å²) in [7, 11) is 3.13. The summed E-state index contributed by atoms with van der Waals surface area (Å²) >= 11 is 0. The van der Waals surface area contributed by atoms with Gasteiger partial charge in [-0.25, -0.2) is 14.2 Å². The summed E-state index contributed by atoms with van der Waals surface area (Å²) in [5, 5.41) is 10.3. The summed E-state index contributed by atoms with van der Waals surface area (Å²) < 4.78 is 27.3. The first-order chi connectivity index (χ1) is 18.9. The number of carbonyl (C=O) groups is 2. The molecular weight excluding hydrogens is 521 g/mol. The van der Waals surface area contributed by atoms with E-state index < -0.39 is 17.9 Å². The van der Waals surface area contributed by atoms with E-state index in [9.17, 15) is 18.8 Å². The number of nitrogens with one attached hydrogen (secondary N) is 2. The molecule has 2 fully saturated rings. The van der Waals surface area contributed by atoms with Gasteiger partial charge >= 0.3 is 6.09 Å². The molecule has 0 aliphatic heterocycles. The van der Waals surface area contributed by atoms with Crippen LogP contribution in [0.1, 0.15) is 62.9 Å². The maximum Gasteiger partial charge on any atom is 0.415 e. The summed E-state index contributed by atoms with van der Waals surface area (Å²) in [5.41, 5.74) is -0.487. The third-order valence-electron chi connectivity index (χ3n) is 7.23. The van der Waals surface area contributed by atoms with Crippen LogP contribution in [0.4, 0.5) is 26.5 Å². The standard InChI is InChI=1S/C27H34FN7O5/c1-27(2,3)40-26(38)33(4)22-13-21(30-19-7-6-10-34(25(19)37)16-11-15(28)12-16)32-23-17(14-29-35(22)23)24(36)31-18-8-9-20(18)39-5/h6-7,10,13-16,18,20H,8-9,11-12H2,1-5H3,(H,30,32)(H,31,36)/t15?,16?,18-,20-/m1/s1. The number of hydrogen-bond acceptors (Lipinski definition) is 8.